The highest BCUT2D eigenvalue weighted by Crippen LogP contribution is 2.42. The molecule has 736 valence electrons. The third kappa shape index (κ3) is 27.2. The predicted molar refractivity (Wildman–Crippen MR) is 550 cm³/mol. The number of anilines is 1. The molecule has 5 aliphatic rings. The van der Waals surface area contributed by atoms with Crippen molar-refractivity contribution in [3.05, 3.63) is 307 Å². The van der Waals surface area contributed by atoms with Crippen LogP contribution in [-0.4, -0.2) is 238 Å². The van der Waals surface area contributed by atoms with Crippen LogP contribution in [0.25, 0.3) is 0 Å². The standard InChI is InChI=1S/2C22H25ClN2O3.C21H25ClN2O3.2C20H21ClN2O3.3CH4/c2*1-4-24(5-2)11-12-28-19-8-6-7-17-20(19)22(27)25(21(17)26)14-16-9-10-18(23)15(3)13-16;1-5-26-17-7-6-8-18-20(17)21(25)24(19(27-18)11-12-23(3)4)15-9-10-16(22)14(2)13-15;2*1-13-11-14(7-8-16(13)21)12-23-19(24)15-5-4-6-17(18(15)20(23)25)26-10-9-22(2)3;;;/h2*6-10,13H,4-5,11-12,14H2,1-3H3;6-10,13,19H,5,11-12H2,1-4H3;2*4-8,11H,9-10,12H2,1-3H3;3*1H4. The number of likely N-dealkylation sites (N-methyl/N-ethyl adjacent to an activating group) is 4. The molecule has 0 fully saturated rings. The topological polar surface area (TPSA) is 241 Å². The Balaban J connectivity index is 0.000000211. The van der Waals surface area contributed by atoms with Crippen molar-refractivity contribution in [2.75, 3.05) is 139 Å². The molecule has 10 aromatic rings. The van der Waals surface area contributed by atoms with E-state index in [1.807, 2.05) is 172 Å². The van der Waals surface area contributed by atoms with Gasteiger partial charge in [0.2, 0.25) is 0 Å². The first-order valence-corrected chi connectivity index (χ1v) is 46.9. The number of ether oxygens (including phenoxy) is 6. The van der Waals surface area contributed by atoms with Crippen molar-refractivity contribution in [3.8, 4) is 34.5 Å². The number of hydrogen-bond acceptors (Lipinski definition) is 20. The van der Waals surface area contributed by atoms with Crippen molar-refractivity contribution >= 4 is 117 Å². The highest BCUT2D eigenvalue weighted by Gasteiger charge is 2.44. The van der Waals surface area contributed by atoms with Crippen LogP contribution in [0, 0.1) is 34.6 Å². The number of amides is 9. The van der Waals surface area contributed by atoms with Crippen LogP contribution in [0.4, 0.5) is 5.69 Å². The van der Waals surface area contributed by atoms with Crippen molar-refractivity contribution in [2.24, 2.45) is 0 Å². The van der Waals surface area contributed by atoms with E-state index in [4.69, 9.17) is 86.4 Å². The van der Waals surface area contributed by atoms with Crippen molar-refractivity contribution < 1.29 is 71.6 Å². The monoisotopic (exact) mass is 1980 g/mol. The van der Waals surface area contributed by atoms with Crippen LogP contribution >= 0.6 is 58.0 Å². The van der Waals surface area contributed by atoms with Gasteiger partial charge in [-0.3, -0.25) is 67.7 Å². The largest absolute Gasteiger partial charge is 0.493 e. The Morgan fingerprint density at radius 2 is 0.572 bits per heavy atom. The summed E-state index contributed by atoms with van der Waals surface area (Å²) in [4.78, 5) is 134. The van der Waals surface area contributed by atoms with Gasteiger partial charge in [-0.2, -0.15) is 0 Å². The van der Waals surface area contributed by atoms with Crippen LogP contribution in [0.1, 0.15) is 207 Å². The van der Waals surface area contributed by atoms with Gasteiger partial charge in [0, 0.05) is 69.9 Å². The zero-order valence-electron chi connectivity index (χ0n) is 79.3. The average molecular weight is 1980 g/mol. The molecular formula is C108H129Cl5N10O15. The Bertz CT molecular complexity index is 5730. The van der Waals surface area contributed by atoms with Gasteiger partial charge < -0.3 is 52.9 Å². The van der Waals surface area contributed by atoms with Gasteiger partial charge in [0.25, 0.3) is 53.2 Å². The summed E-state index contributed by atoms with van der Waals surface area (Å²) in [6, 6.07) is 53.7. The lowest BCUT2D eigenvalue weighted by Gasteiger charge is -2.38. The van der Waals surface area contributed by atoms with E-state index >= 15 is 0 Å². The molecule has 25 nitrogen and oxygen atoms in total. The molecular weight excluding hydrogens is 1850 g/mol. The van der Waals surface area contributed by atoms with Crippen LogP contribution < -0.4 is 33.3 Å². The molecule has 5 heterocycles. The number of hydrogen-bond donors (Lipinski definition) is 0. The van der Waals surface area contributed by atoms with Gasteiger partial charge in [-0.05, 0) is 263 Å². The molecule has 0 aliphatic carbocycles. The molecule has 30 heteroatoms. The number of carbonyl (C=O) groups is 9. The molecule has 0 N–H and O–H groups in total. The molecule has 0 bridgehead atoms. The molecule has 1 atom stereocenters. The summed E-state index contributed by atoms with van der Waals surface area (Å²) in [5.41, 5.74) is 12.2. The maximum absolute atomic E-state index is 13.5. The zero-order chi connectivity index (χ0) is 97.8. The Morgan fingerprint density at radius 3 is 0.841 bits per heavy atom. The van der Waals surface area contributed by atoms with Gasteiger partial charge in [-0.1, -0.05) is 187 Å². The molecule has 9 amide bonds. The van der Waals surface area contributed by atoms with Gasteiger partial charge in [0.15, 0.2) is 6.23 Å². The fourth-order valence-electron chi connectivity index (χ4n) is 15.7. The van der Waals surface area contributed by atoms with E-state index in [0.717, 1.165) is 115 Å². The van der Waals surface area contributed by atoms with Crippen LogP contribution in [0.5, 0.6) is 34.5 Å². The van der Waals surface area contributed by atoms with E-state index < -0.39 is 6.23 Å². The number of rotatable bonds is 34. The van der Waals surface area contributed by atoms with Gasteiger partial charge in [-0.15, -0.1) is 0 Å². The van der Waals surface area contributed by atoms with Crippen molar-refractivity contribution in [1.29, 1.82) is 0 Å². The summed E-state index contributed by atoms with van der Waals surface area (Å²) >= 11 is 30.4. The van der Waals surface area contributed by atoms with Gasteiger partial charge in [-0.25, -0.2) is 0 Å². The maximum atomic E-state index is 13.5. The predicted octanol–water partition coefficient (Wildman–Crippen LogP) is 21.4. The Labute approximate surface area is 838 Å². The van der Waals surface area contributed by atoms with E-state index in [1.165, 1.54) is 19.6 Å². The first-order valence-electron chi connectivity index (χ1n) is 45.0. The first-order chi connectivity index (χ1) is 64.6. The summed E-state index contributed by atoms with van der Waals surface area (Å²) in [6.07, 6.45) is 0.281. The summed E-state index contributed by atoms with van der Waals surface area (Å²) in [5.74, 6) is 0.401. The lowest BCUT2D eigenvalue weighted by molar-refractivity contribution is 0.0625. The van der Waals surface area contributed by atoms with Crippen LogP contribution in [0.15, 0.2) is 182 Å². The molecule has 1 unspecified atom stereocenters. The summed E-state index contributed by atoms with van der Waals surface area (Å²) in [7, 11) is 11.8. The lowest BCUT2D eigenvalue weighted by atomic mass is 10.1. The Hall–Kier alpha value is -11.7. The van der Waals surface area contributed by atoms with Gasteiger partial charge in [0.05, 0.1) is 77.3 Å². The maximum Gasteiger partial charge on any atom is 0.268 e. The highest BCUT2D eigenvalue weighted by molar-refractivity contribution is 6.33. The van der Waals surface area contributed by atoms with Gasteiger partial charge in [0.1, 0.15) is 66.5 Å². The number of halogens is 5. The normalized spacial score (nSPS) is 13.7. The molecule has 0 aromatic heterocycles. The van der Waals surface area contributed by atoms with E-state index in [-0.39, 0.29) is 102 Å². The molecule has 138 heavy (non-hydrogen) atoms. The third-order valence-electron chi connectivity index (χ3n) is 23.3. The molecule has 15 rings (SSSR count). The van der Waals surface area contributed by atoms with E-state index in [9.17, 15) is 43.2 Å². The quantitative estimate of drug-likeness (QED) is 0.0340. The number of fused-ring (bicyclic) bond motifs is 5. The fraction of sp³-hybridized carbons (Fsp3) is 0.361. The van der Waals surface area contributed by atoms with Crippen molar-refractivity contribution in [2.45, 2.75) is 130 Å². The molecule has 0 radical (unpaired) electrons. The third-order valence-corrected chi connectivity index (χ3v) is 25.4. The van der Waals surface area contributed by atoms with E-state index in [2.05, 4.69) is 42.4 Å². The molecule has 10 aromatic carbocycles. The average Bonchev–Trinajstić information content (AvgIpc) is 1.40. The summed E-state index contributed by atoms with van der Waals surface area (Å²) < 4.78 is 35.2. The number of benzene rings is 10. The van der Waals surface area contributed by atoms with Crippen LogP contribution in [0.2, 0.25) is 25.1 Å². The van der Waals surface area contributed by atoms with Crippen LogP contribution in [0.3, 0.4) is 0 Å². The van der Waals surface area contributed by atoms with E-state index in [1.54, 1.807) is 108 Å². The lowest BCUT2D eigenvalue weighted by Crippen LogP contribution is -2.49. The Morgan fingerprint density at radius 1 is 0.304 bits per heavy atom. The minimum atomic E-state index is -0.398. The number of nitrogens with zero attached hydrogens (tertiary/aromatic N) is 10. The second-order valence-electron chi connectivity index (χ2n) is 33.7. The molecule has 0 saturated heterocycles. The number of imide groups is 4. The minimum Gasteiger partial charge on any atom is -0.493 e. The SMILES string of the molecule is C.C.C.CCN(CC)CCOc1cccc2c1C(=O)N(Cc1ccc(Cl)c(C)c1)C2=O.CCN(CC)CCOc1cccc2c1C(=O)N(Cc1ccc(Cl)c(C)c1)C2=O.CCOc1cccc2c1C(=O)N(c1ccc(Cl)c(C)c1)C(CCN(C)C)O2.Cc1cc(CN2C(=O)c3cccc(OCCN(C)C)c3C2=O)ccc1Cl.Cc1cc(CN2C(=O)c3cccc(OCCN(C)C)c3C2=O)ccc1Cl. The second kappa shape index (κ2) is 51.8. The second-order valence-corrected chi connectivity index (χ2v) is 35.8. The fourth-order valence-corrected chi connectivity index (χ4v) is 16.3. The molecule has 5 aliphatic heterocycles. The zero-order valence-corrected chi connectivity index (χ0v) is 83.1. The summed E-state index contributed by atoms with van der Waals surface area (Å²) in [5, 5.41) is 3.31. The highest BCUT2D eigenvalue weighted by atomic mass is 35.5. The van der Waals surface area contributed by atoms with Crippen molar-refractivity contribution in [1.82, 2.24) is 44.1 Å². The van der Waals surface area contributed by atoms with Gasteiger partial charge >= 0.3 is 0 Å². The summed E-state index contributed by atoms with van der Waals surface area (Å²) in [6.45, 7) is 30.5. The number of aryl methyl sites for hydroxylation is 5. The smallest absolute Gasteiger partial charge is 0.268 e. The molecule has 0 saturated carbocycles. The number of carbonyl (C=O) groups excluding carboxylic acids is 9. The molecule has 0 spiro atoms. The minimum absolute atomic E-state index is 0. The van der Waals surface area contributed by atoms with Crippen molar-refractivity contribution in [3.63, 3.8) is 0 Å². The first kappa shape index (κ1) is 112. The Kier molecular flexibility index (Phi) is 41.9. The van der Waals surface area contributed by atoms with E-state index in [0.29, 0.717) is 149 Å². The van der Waals surface area contributed by atoms with Crippen LogP contribution in [-0.2, 0) is 26.2 Å².